The number of amides is 1. The second-order valence-electron chi connectivity index (χ2n) is 6.65. The molecule has 152 valence electrons. The molecule has 2 heterocycles. The number of hydrazone groups is 1. The maximum atomic E-state index is 13.3. The minimum absolute atomic E-state index is 0.283. The second kappa shape index (κ2) is 8.38. The molecule has 0 saturated heterocycles. The summed E-state index contributed by atoms with van der Waals surface area (Å²) in [6.45, 7) is 0. The summed E-state index contributed by atoms with van der Waals surface area (Å²) in [5, 5.41) is 6.14. The molecule has 0 N–H and O–H groups in total. The van der Waals surface area contributed by atoms with Crippen molar-refractivity contribution in [2.24, 2.45) is 5.10 Å². The zero-order valence-corrected chi connectivity index (χ0v) is 17.6. The van der Waals surface area contributed by atoms with E-state index in [1.165, 1.54) is 22.6 Å². The van der Waals surface area contributed by atoms with Crippen molar-refractivity contribution in [2.75, 3.05) is 31.1 Å². The molecule has 7 nitrogen and oxygen atoms in total. The van der Waals surface area contributed by atoms with Gasteiger partial charge in [0.2, 0.25) is 5.13 Å². The molecule has 0 bridgehead atoms. The summed E-state index contributed by atoms with van der Waals surface area (Å²) < 4.78 is 11.5. The Balaban J connectivity index is 1.73. The number of rotatable bonds is 6. The molecule has 0 aliphatic heterocycles. The van der Waals surface area contributed by atoms with Gasteiger partial charge in [0.1, 0.15) is 11.5 Å². The van der Waals surface area contributed by atoms with Crippen LogP contribution in [0.3, 0.4) is 0 Å². The molecule has 2 aromatic heterocycles. The van der Waals surface area contributed by atoms with Crippen molar-refractivity contribution in [1.82, 2.24) is 4.98 Å². The Hall–Kier alpha value is -3.65. The number of ether oxygens (including phenoxy) is 1. The predicted octanol–water partition coefficient (Wildman–Crippen LogP) is 4.64. The molecular formula is C22H20N4O3S. The van der Waals surface area contributed by atoms with Crippen LogP contribution >= 0.6 is 11.3 Å². The van der Waals surface area contributed by atoms with Crippen LogP contribution in [-0.2, 0) is 0 Å². The highest BCUT2D eigenvalue weighted by Gasteiger charge is 2.21. The maximum Gasteiger partial charge on any atom is 0.280 e. The summed E-state index contributed by atoms with van der Waals surface area (Å²) in [7, 11) is 5.52. The summed E-state index contributed by atoms with van der Waals surface area (Å²) in [6, 6.07) is 16.5. The Bertz CT molecular complexity index is 1180. The number of carbonyl (C=O) groups is 1. The van der Waals surface area contributed by atoms with E-state index >= 15 is 0 Å². The molecule has 0 unspecified atom stereocenters. The molecule has 0 radical (unpaired) electrons. The number of nitrogens with zero attached hydrogens (tertiary/aromatic N) is 4. The van der Waals surface area contributed by atoms with Crippen molar-refractivity contribution in [3.05, 3.63) is 72.2 Å². The van der Waals surface area contributed by atoms with Crippen LogP contribution in [-0.4, -0.2) is 38.3 Å². The van der Waals surface area contributed by atoms with Gasteiger partial charge >= 0.3 is 0 Å². The van der Waals surface area contributed by atoms with Gasteiger partial charge < -0.3 is 14.1 Å². The Morgan fingerprint density at radius 1 is 1.17 bits per heavy atom. The zero-order chi connectivity index (χ0) is 21.1. The number of furan rings is 1. The molecule has 2 aromatic carbocycles. The highest BCUT2D eigenvalue weighted by molar-refractivity contribution is 7.22. The molecule has 0 atom stereocenters. The fourth-order valence-electron chi connectivity index (χ4n) is 2.80. The molecule has 1 amide bonds. The lowest BCUT2D eigenvalue weighted by Gasteiger charge is -2.15. The first-order valence-electron chi connectivity index (χ1n) is 9.19. The van der Waals surface area contributed by atoms with Gasteiger partial charge in [0.15, 0.2) is 0 Å². The second-order valence-corrected chi connectivity index (χ2v) is 7.66. The number of hydrogen-bond donors (Lipinski definition) is 0. The van der Waals surface area contributed by atoms with Crippen LogP contribution in [0.5, 0.6) is 5.75 Å². The van der Waals surface area contributed by atoms with Gasteiger partial charge in [0, 0.05) is 25.3 Å². The van der Waals surface area contributed by atoms with Crippen molar-refractivity contribution in [2.45, 2.75) is 0 Å². The van der Waals surface area contributed by atoms with Crippen LogP contribution in [0.4, 0.5) is 10.8 Å². The van der Waals surface area contributed by atoms with Crippen molar-refractivity contribution >= 4 is 44.5 Å². The Morgan fingerprint density at radius 2 is 1.97 bits per heavy atom. The SMILES string of the molecule is COc1ccc2nc(N(/N=C/c3ccco3)C(=O)c3ccc(N(C)C)cc3)sc2c1. The molecular weight excluding hydrogens is 400 g/mol. The Labute approximate surface area is 177 Å². The molecule has 4 aromatic rings. The Morgan fingerprint density at radius 3 is 2.63 bits per heavy atom. The van der Waals surface area contributed by atoms with Crippen molar-refractivity contribution in [1.29, 1.82) is 0 Å². The fourth-order valence-corrected chi connectivity index (χ4v) is 3.75. The number of thiazole rings is 1. The van der Waals surface area contributed by atoms with Crippen LogP contribution in [0, 0.1) is 0 Å². The summed E-state index contributed by atoms with van der Waals surface area (Å²) in [4.78, 5) is 19.9. The molecule has 0 saturated carbocycles. The third-order valence-corrected chi connectivity index (χ3v) is 5.43. The maximum absolute atomic E-state index is 13.3. The molecule has 0 aliphatic carbocycles. The first-order chi connectivity index (χ1) is 14.5. The largest absolute Gasteiger partial charge is 0.497 e. The lowest BCUT2D eigenvalue weighted by molar-refractivity contribution is 0.0988. The fraction of sp³-hybridized carbons (Fsp3) is 0.136. The molecule has 0 spiro atoms. The average molecular weight is 420 g/mol. The highest BCUT2D eigenvalue weighted by Crippen LogP contribution is 2.32. The predicted molar refractivity (Wildman–Crippen MR) is 120 cm³/mol. The van der Waals surface area contributed by atoms with Gasteiger partial charge in [-0.05, 0) is 54.6 Å². The van der Waals surface area contributed by atoms with Gasteiger partial charge in [-0.1, -0.05) is 11.3 Å². The number of carbonyl (C=O) groups excluding carboxylic acids is 1. The van der Waals surface area contributed by atoms with E-state index in [9.17, 15) is 4.79 Å². The number of aromatic nitrogens is 1. The third-order valence-electron chi connectivity index (χ3n) is 4.43. The van der Waals surface area contributed by atoms with Crippen molar-refractivity contribution in [3.8, 4) is 5.75 Å². The monoisotopic (exact) mass is 420 g/mol. The van der Waals surface area contributed by atoms with E-state index < -0.39 is 0 Å². The van der Waals surface area contributed by atoms with Crippen LogP contribution in [0.2, 0.25) is 0 Å². The van der Waals surface area contributed by atoms with Gasteiger partial charge in [0.05, 0.1) is 29.8 Å². The quantitative estimate of drug-likeness (QED) is 0.336. The van der Waals surface area contributed by atoms with Crippen LogP contribution in [0.15, 0.2) is 70.4 Å². The van der Waals surface area contributed by atoms with Gasteiger partial charge in [-0.3, -0.25) is 4.79 Å². The van der Waals surface area contributed by atoms with E-state index in [-0.39, 0.29) is 5.91 Å². The number of methoxy groups -OCH3 is 1. The molecule has 0 aliphatic rings. The van der Waals surface area contributed by atoms with Crippen molar-refractivity contribution < 1.29 is 13.9 Å². The Kier molecular flexibility index (Phi) is 5.49. The van der Waals surface area contributed by atoms with Crippen LogP contribution in [0.1, 0.15) is 16.1 Å². The van der Waals surface area contributed by atoms with E-state index in [0.29, 0.717) is 16.5 Å². The van der Waals surface area contributed by atoms with Gasteiger partial charge in [-0.15, -0.1) is 0 Å². The van der Waals surface area contributed by atoms with Gasteiger partial charge in [0.25, 0.3) is 5.91 Å². The van der Waals surface area contributed by atoms with Crippen LogP contribution < -0.4 is 14.6 Å². The number of fused-ring (bicyclic) bond motifs is 1. The zero-order valence-electron chi connectivity index (χ0n) is 16.8. The molecule has 4 rings (SSSR count). The number of hydrogen-bond acceptors (Lipinski definition) is 7. The smallest absolute Gasteiger partial charge is 0.280 e. The minimum atomic E-state index is -0.283. The normalized spacial score (nSPS) is 11.2. The summed E-state index contributed by atoms with van der Waals surface area (Å²) in [5.74, 6) is 0.988. The number of anilines is 2. The molecule has 30 heavy (non-hydrogen) atoms. The molecule has 0 fully saturated rings. The van der Waals surface area contributed by atoms with Crippen molar-refractivity contribution in [3.63, 3.8) is 0 Å². The summed E-state index contributed by atoms with van der Waals surface area (Å²) in [6.07, 6.45) is 3.05. The first-order valence-corrected chi connectivity index (χ1v) is 10.0. The highest BCUT2D eigenvalue weighted by atomic mass is 32.1. The summed E-state index contributed by atoms with van der Waals surface area (Å²) >= 11 is 1.36. The van der Waals surface area contributed by atoms with Crippen LogP contribution in [0.25, 0.3) is 10.2 Å². The molecule has 8 heteroatoms. The third kappa shape index (κ3) is 4.04. The first kappa shape index (κ1) is 19.7. The van der Waals surface area contributed by atoms with E-state index in [2.05, 4.69) is 10.1 Å². The van der Waals surface area contributed by atoms with Gasteiger partial charge in [-0.25, -0.2) is 4.98 Å². The van der Waals surface area contributed by atoms with E-state index in [1.54, 1.807) is 37.6 Å². The van der Waals surface area contributed by atoms with E-state index in [0.717, 1.165) is 21.7 Å². The lowest BCUT2D eigenvalue weighted by atomic mass is 10.2. The van der Waals surface area contributed by atoms with Gasteiger partial charge in [-0.2, -0.15) is 10.1 Å². The van der Waals surface area contributed by atoms with E-state index in [1.807, 2.05) is 49.3 Å². The number of benzene rings is 2. The lowest BCUT2D eigenvalue weighted by Crippen LogP contribution is -2.25. The van der Waals surface area contributed by atoms with E-state index in [4.69, 9.17) is 9.15 Å². The minimum Gasteiger partial charge on any atom is -0.497 e. The summed E-state index contributed by atoms with van der Waals surface area (Å²) in [5.41, 5.74) is 2.28. The standard InChI is InChI=1S/C22H20N4O3S/c1-25(2)16-8-6-15(7-9-16)21(27)26(23-14-18-5-4-12-29-18)22-24-19-11-10-17(28-3)13-20(19)30-22/h4-14H,1-3H3/b23-14+. The average Bonchev–Trinajstić information content (AvgIpc) is 3.43. The topological polar surface area (TPSA) is 71.2 Å².